The number of carbonyl (C=O) groups is 2. The lowest BCUT2D eigenvalue weighted by molar-refractivity contribution is -0.123. The highest BCUT2D eigenvalue weighted by atomic mass is 16.5. The van der Waals surface area contributed by atoms with Crippen LogP contribution in [0.25, 0.3) is 0 Å². The molecule has 8 heteroatoms. The van der Waals surface area contributed by atoms with Crippen LogP contribution in [-0.2, 0) is 16.1 Å². The molecule has 2 bridgehead atoms. The van der Waals surface area contributed by atoms with Gasteiger partial charge in [-0.2, -0.15) is 0 Å². The summed E-state index contributed by atoms with van der Waals surface area (Å²) in [6, 6.07) is 7.79. The van der Waals surface area contributed by atoms with Gasteiger partial charge in [-0.05, 0) is 43.9 Å². The monoisotopic (exact) mass is 399 g/mol. The van der Waals surface area contributed by atoms with Gasteiger partial charge in [0.15, 0.2) is 5.96 Å². The number of nitrogens with zero attached hydrogens (tertiary/aromatic N) is 2. The average molecular weight is 399 g/mol. The summed E-state index contributed by atoms with van der Waals surface area (Å²) < 4.78 is 5.91. The largest absolute Gasteiger partial charge is 0.373 e. The first-order valence-corrected chi connectivity index (χ1v) is 10.5. The minimum Gasteiger partial charge on any atom is -0.373 e. The molecule has 3 fully saturated rings. The maximum Gasteiger partial charge on any atom is 0.254 e. The van der Waals surface area contributed by atoms with E-state index in [-0.39, 0.29) is 18.4 Å². The molecule has 29 heavy (non-hydrogen) atoms. The summed E-state index contributed by atoms with van der Waals surface area (Å²) in [6.45, 7) is 4.54. The van der Waals surface area contributed by atoms with Crippen molar-refractivity contribution in [2.45, 2.75) is 51.0 Å². The summed E-state index contributed by atoms with van der Waals surface area (Å²) >= 11 is 0. The predicted octanol–water partition coefficient (Wildman–Crippen LogP) is 0.634. The molecule has 3 aliphatic rings. The number of ether oxygens (including phenoxy) is 1. The molecule has 3 heterocycles. The number of nitrogens with one attached hydrogen (secondary N) is 3. The highest BCUT2D eigenvalue weighted by molar-refractivity contribution is 5.97. The van der Waals surface area contributed by atoms with Gasteiger partial charge in [0.05, 0.1) is 31.3 Å². The minimum absolute atomic E-state index is 0.110. The number of guanidine groups is 1. The molecule has 2 amide bonds. The first-order chi connectivity index (χ1) is 14.1. The molecule has 156 valence electrons. The Balaban J connectivity index is 1.35. The molecule has 3 atom stereocenters. The molecule has 3 aliphatic heterocycles. The van der Waals surface area contributed by atoms with Crippen LogP contribution in [0, 0.1) is 0 Å². The predicted molar refractivity (Wildman–Crippen MR) is 110 cm³/mol. The van der Waals surface area contributed by atoms with Crippen LogP contribution < -0.4 is 16.0 Å². The van der Waals surface area contributed by atoms with Crippen LogP contribution in [0.5, 0.6) is 0 Å². The van der Waals surface area contributed by atoms with Gasteiger partial charge < -0.3 is 25.6 Å². The molecule has 0 aliphatic carbocycles. The van der Waals surface area contributed by atoms with E-state index >= 15 is 0 Å². The lowest BCUT2D eigenvalue weighted by Gasteiger charge is -2.26. The SMILES string of the molecule is CCNC(=NCc1ccc(C(=O)N2CCNC(=O)C2)cc1)NC1CC2CCC1O2. The Morgan fingerprint density at radius 1 is 1.31 bits per heavy atom. The summed E-state index contributed by atoms with van der Waals surface area (Å²) in [7, 11) is 0. The first-order valence-electron chi connectivity index (χ1n) is 10.5. The van der Waals surface area contributed by atoms with Crippen LogP contribution in [0.15, 0.2) is 29.3 Å². The highest BCUT2D eigenvalue weighted by Gasteiger charge is 2.41. The standard InChI is InChI=1S/C21H29N5O3/c1-2-22-21(25-17-11-16-7-8-18(17)29-16)24-12-14-3-5-15(6-4-14)20(28)26-10-9-23-19(27)13-26/h3-6,16-18H,2,7-13H2,1H3,(H,23,27)(H2,22,24,25). The van der Waals surface area contributed by atoms with Crippen molar-refractivity contribution < 1.29 is 14.3 Å². The number of hydrogen-bond acceptors (Lipinski definition) is 4. The van der Waals surface area contributed by atoms with Gasteiger partial charge in [-0.3, -0.25) is 9.59 Å². The maximum atomic E-state index is 12.6. The zero-order valence-electron chi connectivity index (χ0n) is 16.8. The van der Waals surface area contributed by atoms with E-state index in [1.54, 1.807) is 4.90 Å². The van der Waals surface area contributed by atoms with Crippen molar-refractivity contribution in [3.63, 3.8) is 0 Å². The zero-order chi connectivity index (χ0) is 20.2. The molecule has 0 radical (unpaired) electrons. The van der Waals surface area contributed by atoms with E-state index in [4.69, 9.17) is 9.73 Å². The van der Waals surface area contributed by atoms with Crippen molar-refractivity contribution in [2.75, 3.05) is 26.2 Å². The zero-order valence-corrected chi connectivity index (χ0v) is 16.8. The van der Waals surface area contributed by atoms with Gasteiger partial charge in [0.25, 0.3) is 5.91 Å². The van der Waals surface area contributed by atoms with Gasteiger partial charge in [-0.15, -0.1) is 0 Å². The van der Waals surface area contributed by atoms with E-state index in [0.29, 0.717) is 43.4 Å². The van der Waals surface area contributed by atoms with Crippen LogP contribution >= 0.6 is 0 Å². The molecule has 3 saturated heterocycles. The average Bonchev–Trinajstić information content (AvgIpc) is 3.35. The van der Waals surface area contributed by atoms with Crippen LogP contribution in [0.1, 0.15) is 42.1 Å². The molecule has 1 aromatic rings. The van der Waals surface area contributed by atoms with E-state index in [1.165, 1.54) is 6.42 Å². The second kappa shape index (κ2) is 8.82. The van der Waals surface area contributed by atoms with E-state index in [0.717, 1.165) is 30.9 Å². The van der Waals surface area contributed by atoms with Crippen molar-refractivity contribution in [3.8, 4) is 0 Å². The molecule has 4 rings (SSSR count). The van der Waals surface area contributed by atoms with Gasteiger partial charge in [0.1, 0.15) is 0 Å². The number of rotatable bonds is 5. The Morgan fingerprint density at radius 2 is 2.14 bits per heavy atom. The smallest absolute Gasteiger partial charge is 0.254 e. The summed E-state index contributed by atoms with van der Waals surface area (Å²) in [5, 5.41) is 9.54. The van der Waals surface area contributed by atoms with Crippen LogP contribution in [0.2, 0.25) is 0 Å². The van der Waals surface area contributed by atoms with E-state index in [9.17, 15) is 9.59 Å². The van der Waals surface area contributed by atoms with Crippen molar-refractivity contribution in [2.24, 2.45) is 4.99 Å². The Morgan fingerprint density at radius 3 is 2.79 bits per heavy atom. The number of fused-ring (bicyclic) bond motifs is 2. The lowest BCUT2D eigenvalue weighted by Crippen LogP contribution is -2.49. The molecular formula is C21H29N5O3. The van der Waals surface area contributed by atoms with Gasteiger partial charge in [-0.25, -0.2) is 4.99 Å². The minimum atomic E-state index is -0.111. The van der Waals surface area contributed by atoms with Crippen LogP contribution in [0.3, 0.4) is 0 Å². The van der Waals surface area contributed by atoms with Gasteiger partial charge >= 0.3 is 0 Å². The Labute approximate surface area is 171 Å². The second-order valence-corrected chi connectivity index (χ2v) is 7.83. The third kappa shape index (κ3) is 4.70. The number of amides is 2. The third-order valence-corrected chi connectivity index (χ3v) is 5.72. The molecule has 3 unspecified atom stereocenters. The number of hydrogen-bond donors (Lipinski definition) is 3. The van der Waals surface area contributed by atoms with E-state index in [1.807, 2.05) is 24.3 Å². The maximum absolute atomic E-state index is 12.6. The van der Waals surface area contributed by atoms with Crippen molar-refractivity contribution >= 4 is 17.8 Å². The summed E-state index contributed by atoms with van der Waals surface area (Å²) in [6.07, 6.45) is 4.03. The molecule has 1 aromatic carbocycles. The van der Waals surface area contributed by atoms with E-state index < -0.39 is 0 Å². The molecular weight excluding hydrogens is 370 g/mol. The topological polar surface area (TPSA) is 95.1 Å². The quantitative estimate of drug-likeness (QED) is 0.499. The van der Waals surface area contributed by atoms with Gasteiger partial charge in [0.2, 0.25) is 5.91 Å². The van der Waals surface area contributed by atoms with E-state index in [2.05, 4.69) is 22.9 Å². The van der Waals surface area contributed by atoms with Crippen LogP contribution in [0.4, 0.5) is 0 Å². The van der Waals surface area contributed by atoms with Crippen molar-refractivity contribution in [3.05, 3.63) is 35.4 Å². The fourth-order valence-electron chi connectivity index (χ4n) is 4.20. The van der Waals surface area contributed by atoms with Gasteiger partial charge in [0, 0.05) is 25.2 Å². The Hall–Kier alpha value is -2.61. The fraction of sp³-hybridized carbons (Fsp3) is 0.571. The number of aliphatic imine (C=N–C) groups is 1. The first kappa shape index (κ1) is 19.7. The Kier molecular flexibility index (Phi) is 5.99. The normalized spacial score (nSPS) is 26.4. The Bertz CT molecular complexity index is 779. The summed E-state index contributed by atoms with van der Waals surface area (Å²) in [5.74, 6) is 0.578. The molecule has 3 N–H and O–H groups in total. The fourth-order valence-corrected chi connectivity index (χ4v) is 4.20. The lowest BCUT2D eigenvalue weighted by atomic mass is 9.96. The second-order valence-electron chi connectivity index (χ2n) is 7.83. The molecule has 0 spiro atoms. The summed E-state index contributed by atoms with van der Waals surface area (Å²) in [4.78, 5) is 30.3. The number of benzene rings is 1. The third-order valence-electron chi connectivity index (χ3n) is 5.72. The number of piperazine rings is 1. The highest BCUT2D eigenvalue weighted by Crippen LogP contribution is 2.34. The number of carbonyl (C=O) groups excluding carboxylic acids is 2. The van der Waals surface area contributed by atoms with Crippen molar-refractivity contribution in [1.29, 1.82) is 0 Å². The van der Waals surface area contributed by atoms with Gasteiger partial charge in [-0.1, -0.05) is 12.1 Å². The molecule has 0 aromatic heterocycles. The molecule has 8 nitrogen and oxygen atoms in total. The molecule has 0 saturated carbocycles. The van der Waals surface area contributed by atoms with Crippen LogP contribution in [-0.4, -0.2) is 67.1 Å². The summed E-state index contributed by atoms with van der Waals surface area (Å²) in [5.41, 5.74) is 1.62. The van der Waals surface area contributed by atoms with Crippen molar-refractivity contribution in [1.82, 2.24) is 20.9 Å².